The number of rotatable bonds is 5. The molecule has 0 amide bonds. The van der Waals surface area contributed by atoms with Gasteiger partial charge in [0.05, 0.1) is 6.61 Å². The van der Waals surface area contributed by atoms with Crippen LogP contribution in [0.25, 0.3) is 0 Å². The second-order valence-corrected chi connectivity index (χ2v) is 4.24. The van der Waals surface area contributed by atoms with Crippen LogP contribution in [-0.4, -0.2) is 29.3 Å². The Kier molecular flexibility index (Phi) is 3.26. The highest BCUT2D eigenvalue weighted by Gasteiger charge is 2.21. The van der Waals surface area contributed by atoms with E-state index in [-0.39, 0.29) is 0 Å². The van der Waals surface area contributed by atoms with Crippen molar-refractivity contribution in [1.82, 2.24) is 9.55 Å². The summed E-state index contributed by atoms with van der Waals surface area (Å²) in [6.45, 7) is 2.81. The molecule has 0 saturated heterocycles. The highest BCUT2D eigenvalue weighted by atomic mass is 16.5. The molecule has 1 N–H and O–H groups in total. The van der Waals surface area contributed by atoms with E-state index in [1.54, 1.807) is 7.11 Å². The Morgan fingerprint density at radius 2 is 2.47 bits per heavy atom. The zero-order valence-corrected chi connectivity index (χ0v) is 9.44. The molecule has 1 fully saturated rings. The third-order valence-corrected chi connectivity index (χ3v) is 2.93. The van der Waals surface area contributed by atoms with E-state index in [1.165, 1.54) is 19.3 Å². The first-order valence-electron chi connectivity index (χ1n) is 5.59. The predicted molar refractivity (Wildman–Crippen MR) is 60.1 cm³/mol. The normalized spacial score (nSPS) is 18.5. The lowest BCUT2D eigenvalue weighted by atomic mass is 9.93. The lowest BCUT2D eigenvalue weighted by molar-refractivity contribution is 0.189. The van der Waals surface area contributed by atoms with E-state index in [4.69, 9.17) is 4.74 Å². The average Bonchev–Trinajstić information content (AvgIpc) is 2.51. The number of aromatic nitrogens is 2. The van der Waals surface area contributed by atoms with Crippen LogP contribution in [0.1, 0.15) is 32.2 Å². The molecule has 4 heteroatoms. The minimum absolute atomic E-state index is 0.302. The van der Waals surface area contributed by atoms with Crippen molar-refractivity contribution in [2.75, 3.05) is 19.0 Å². The van der Waals surface area contributed by atoms with Crippen LogP contribution >= 0.6 is 0 Å². The van der Waals surface area contributed by atoms with Gasteiger partial charge in [0.25, 0.3) is 0 Å². The molecule has 1 heterocycles. The van der Waals surface area contributed by atoms with Crippen LogP contribution in [0.2, 0.25) is 0 Å². The Balaban J connectivity index is 1.97. The van der Waals surface area contributed by atoms with E-state index in [0.717, 1.165) is 5.95 Å². The Bertz CT molecular complexity index is 307. The van der Waals surface area contributed by atoms with Crippen molar-refractivity contribution in [3.63, 3.8) is 0 Å². The molecule has 84 valence electrons. The Hall–Kier alpha value is -1.03. The largest absolute Gasteiger partial charge is 0.383 e. The molecule has 0 radical (unpaired) electrons. The maximum absolute atomic E-state index is 5.09. The highest BCUT2D eigenvalue weighted by Crippen LogP contribution is 2.33. The van der Waals surface area contributed by atoms with Crippen molar-refractivity contribution in [1.29, 1.82) is 0 Å². The molecule has 0 aromatic carbocycles. The first kappa shape index (κ1) is 10.5. The smallest absolute Gasteiger partial charge is 0.203 e. The lowest BCUT2D eigenvalue weighted by Crippen LogP contribution is -2.25. The van der Waals surface area contributed by atoms with Crippen LogP contribution in [0.5, 0.6) is 0 Å². The Morgan fingerprint density at radius 3 is 3.07 bits per heavy atom. The minimum atomic E-state index is 0.302. The molecule has 0 aliphatic heterocycles. The summed E-state index contributed by atoms with van der Waals surface area (Å²) in [5.41, 5.74) is 0. The van der Waals surface area contributed by atoms with Crippen LogP contribution in [0.15, 0.2) is 12.4 Å². The lowest BCUT2D eigenvalue weighted by Gasteiger charge is -2.29. The molecule has 1 aliphatic carbocycles. The van der Waals surface area contributed by atoms with E-state index in [1.807, 2.05) is 6.20 Å². The molecule has 0 bridgehead atoms. The van der Waals surface area contributed by atoms with Crippen molar-refractivity contribution < 1.29 is 4.74 Å². The second kappa shape index (κ2) is 4.66. The summed E-state index contributed by atoms with van der Waals surface area (Å²) in [5.74, 6) is 0.976. The molecule has 15 heavy (non-hydrogen) atoms. The predicted octanol–water partition coefficient (Wildman–Crippen LogP) is 2.05. The summed E-state index contributed by atoms with van der Waals surface area (Å²) in [4.78, 5) is 4.34. The van der Waals surface area contributed by atoms with E-state index in [2.05, 4.69) is 28.0 Å². The third kappa shape index (κ3) is 2.31. The summed E-state index contributed by atoms with van der Waals surface area (Å²) in [6, 6.07) is 0.959. The quantitative estimate of drug-likeness (QED) is 0.806. The number of anilines is 1. The molecule has 4 nitrogen and oxygen atoms in total. The molecular weight excluding hydrogens is 190 g/mol. The van der Waals surface area contributed by atoms with Gasteiger partial charge in [0.1, 0.15) is 0 Å². The van der Waals surface area contributed by atoms with E-state index >= 15 is 0 Å². The van der Waals surface area contributed by atoms with Crippen molar-refractivity contribution in [3.05, 3.63) is 12.4 Å². The maximum Gasteiger partial charge on any atom is 0.203 e. The van der Waals surface area contributed by atoms with Gasteiger partial charge in [-0.05, 0) is 26.2 Å². The minimum Gasteiger partial charge on any atom is -0.383 e. The van der Waals surface area contributed by atoms with Crippen molar-refractivity contribution in [2.24, 2.45) is 0 Å². The van der Waals surface area contributed by atoms with Gasteiger partial charge in [0.2, 0.25) is 5.95 Å². The molecule has 2 rings (SSSR count). The van der Waals surface area contributed by atoms with Crippen molar-refractivity contribution in [3.8, 4) is 0 Å². The zero-order valence-electron chi connectivity index (χ0n) is 9.44. The number of imidazole rings is 1. The third-order valence-electron chi connectivity index (χ3n) is 2.93. The van der Waals surface area contributed by atoms with Gasteiger partial charge in [-0.25, -0.2) is 4.98 Å². The first-order valence-corrected chi connectivity index (χ1v) is 5.59. The van der Waals surface area contributed by atoms with Crippen LogP contribution in [-0.2, 0) is 4.74 Å². The summed E-state index contributed by atoms with van der Waals surface area (Å²) in [7, 11) is 1.72. The van der Waals surface area contributed by atoms with Gasteiger partial charge in [0, 0.05) is 31.6 Å². The van der Waals surface area contributed by atoms with Crippen molar-refractivity contribution in [2.45, 2.75) is 38.3 Å². The first-order chi connectivity index (χ1) is 7.31. The summed E-state index contributed by atoms with van der Waals surface area (Å²) in [5, 5.41) is 3.37. The zero-order chi connectivity index (χ0) is 10.7. The van der Waals surface area contributed by atoms with Crippen LogP contribution in [0, 0.1) is 0 Å². The van der Waals surface area contributed by atoms with Crippen LogP contribution < -0.4 is 5.32 Å². The van der Waals surface area contributed by atoms with Gasteiger partial charge in [-0.15, -0.1) is 0 Å². The Labute approximate surface area is 90.6 Å². The van der Waals surface area contributed by atoms with E-state index in [0.29, 0.717) is 18.7 Å². The number of hydrogen-bond acceptors (Lipinski definition) is 3. The van der Waals surface area contributed by atoms with Crippen LogP contribution in [0.3, 0.4) is 0 Å². The molecule has 1 unspecified atom stereocenters. The van der Waals surface area contributed by atoms with Gasteiger partial charge in [-0.2, -0.15) is 0 Å². The van der Waals surface area contributed by atoms with Crippen molar-refractivity contribution >= 4 is 5.95 Å². The molecule has 1 aliphatic rings. The Morgan fingerprint density at radius 1 is 1.67 bits per heavy atom. The van der Waals surface area contributed by atoms with Gasteiger partial charge >= 0.3 is 0 Å². The molecule has 1 saturated carbocycles. The summed E-state index contributed by atoms with van der Waals surface area (Å²) in [6.07, 6.45) is 7.83. The second-order valence-electron chi connectivity index (χ2n) is 4.24. The van der Waals surface area contributed by atoms with Gasteiger partial charge in [-0.1, -0.05) is 0 Å². The molecule has 1 aromatic rings. The highest BCUT2D eigenvalue weighted by molar-refractivity contribution is 5.28. The van der Waals surface area contributed by atoms with E-state index in [9.17, 15) is 0 Å². The summed E-state index contributed by atoms with van der Waals surface area (Å²) < 4.78 is 7.34. The van der Waals surface area contributed by atoms with Crippen LogP contribution in [0.4, 0.5) is 5.95 Å². The molecular formula is C11H19N3O. The maximum atomic E-state index is 5.09. The monoisotopic (exact) mass is 209 g/mol. The SMILES string of the molecule is COCC(C)Nc1nccn1C1CCC1. The van der Waals surface area contributed by atoms with Gasteiger partial charge in [0.15, 0.2) is 0 Å². The standard InChI is InChI=1S/C11H19N3O/c1-9(8-15-2)13-11-12-6-7-14(11)10-4-3-5-10/h6-7,9-10H,3-5,8H2,1-2H3,(H,12,13). The number of hydrogen-bond donors (Lipinski definition) is 1. The molecule has 1 aromatic heterocycles. The average molecular weight is 209 g/mol. The van der Waals surface area contributed by atoms with Gasteiger partial charge < -0.3 is 14.6 Å². The fourth-order valence-corrected chi connectivity index (χ4v) is 1.90. The number of nitrogens with zero attached hydrogens (tertiary/aromatic N) is 2. The molecule has 0 spiro atoms. The summed E-state index contributed by atoms with van der Waals surface area (Å²) >= 11 is 0. The number of methoxy groups -OCH3 is 1. The topological polar surface area (TPSA) is 39.1 Å². The number of ether oxygens (including phenoxy) is 1. The van der Waals surface area contributed by atoms with Gasteiger partial charge in [-0.3, -0.25) is 0 Å². The fraction of sp³-hybridized carbons (Fsp3) is 0.727. The molecule has 1 atom stereocenters. The fourth-order valence-electron chi connectivity index (χ4n) is 1.90. The number of nitrogens with one attached hydrogen (secondary N) is 1. The van der Waals surface area contributed by atoms with E-state index < -0.39 is 0 Å².